The number of fused-ring (bicyclic) bond motifs is 1. The van der Waals surface area contributed by atoms with Crippen LogP contribution in [0.3, 0.4) is 0 Å². The first-order valence-corrected chi connectivity index (χ1v) is 14.5. The summed E-state index contributed by atoms with van der Waals surface area (Å²) in [4.78, 5) is 33.4. The first-order valence-electron chi connectivity index (χ1n) is 12.9. The molecule has 1 aliphatic rings. The lowest BCUT2D eigenvalue weighted by Gasteiger charge is -2.40. The number of nitrogen functional groups attached to an aromatic ring is 1. The Morgan fingerprint density at radius 3 is 2.48 bits per heavy atom. The monoisotopic (exact) mass is 594 g/mol. The van der Waals surface area contributed by atoms with Gasteiger partial charge < -0.3 is 15.5 Å². The second-order valence-corrected chi connectivity index (χ2v) is 11.6. The fraction of sp³-hybridized carbons (Fsp3) is 0.207. The predicted molar refractivity (Wildman–Crippen MR) is 157 cm³/mol. The minimum atomic E-state index is -4.33. The van der Waals surface area contributed by atoms with Crippen LogP contribution in [0.5, 0.6) is 0 Å². The Balaban J connectivity index is 1.86. The first kappa shape index (κ1) is 28.9. The molecule has 1 aromatic heterocycles. The number of hydrogen-bond acceptors (Lipinski definition) is 7. The number of para-hydroxylation sites is 1. The summed E-state index contributed by atoms with van der Waals surface area (Å²) < 4.78 is 57.1. The average Bonchev–Trinajstić information content (AvgIpc) is 2.92. The van der Waals surface area contributed by atoms with Crippen LogP contribution >= 0.6 is 0 Å². The molecule has 0 saturated carbocycles. The van der Waals surface area contributed by atoms with E-state index in [4.69, 9.17) is 10.9 Å². The number of aryl methyl sites for hydroxylation is 1. The Bertz CT molecular complexity index is 1920. The third kappa shape index (κ3) is 4.90. The summed E-state index contributed by atoms with van der Waals surface area (Å²) in [6.07, 6.45) is 1.22. The predicted octanol–water partition coefficient (Wildman–Crippen LogP) is 3.09. The normalized spacial score (nSPS) is 15.7. The van der Waals surface area contributed by atoms with Crippen molar-refractivity contribution < 1.29 is 22.0 Å². The van der Waals surface area contributed by atoms with Crippen molar-refractivity contribution in [3.63, 3.8) is 0 Å². The van der Waals surface area contributed by atoms with Crippen LogP contribution in [0.25, 0.3) is 27.7 Å². The van der Waals surface area contributed by atoms with E-state index in [1.165, 1.54) is 36.4 Å². The lowest BCUT2D eigenvalue weighted by molar-refractivity contribution is -0.126. The highest BCUT2D eigenvalue weighted by Crippen LogP contribution is 2.37. The number of hydrogen-bond donors (Lipinski definition) is 2. The van der Waals surface area contributed by atoms with Gasteiger partial charge in [0.25, 0.3) is 0 Å². The van der Waals surface area contributed by atoms with Crippen LogP contribution in [0.1, 0.15) is 12.5 Å². The van der Waals surface area contributed by atoms with Crippen molar-refractivity contribution in [2.75, 3.05) is 30.3 Å². The first-order chi connectivity index (χ1) is 19.8. The van der Waals surface area contributed by atoms with E-state index in [-0.39, 0.29) is 69.2 Å². The molecule has 0 bridgehead atoms. The van der Waals surface area contributed by atoms with E-state index < -0.39 is 27.3 Å². The number of halogens is 2. The van der Waals surface area contributed by atoms with Gasteiger partial charge in [-0.3, -0.25) is 9.36 Å². The second kappa shape index (κ2) is 10.7. The number of carbonyl (C=O) groups excluding carboxylic acids is 1. The summed E-state index contributed by atoms with van der Waals surface area (Å²) in [5, 5.41) is 5.68. The molecule has 13 heteroatoms. The number of carbonyl (C=O) groups is 1. The van der Waals surface area contributed by atoms with Gasteiger partial charge in [-0.05, 0) is 55.8 Å². The molecule has 1 fully saturated rings. The Hall–Kier alpha value is -4.62. The quantitative estimate of drug-likeness (QED) is 0.267. The van der Waals surface area contributed by atoms with E-state index in [1.807, 2.05) is 6.92 Å². The van der Waals surface area contributed by atoms with Crippen LogP contribution in [0.2, 0.25) is 0 Å². The zero-order valence-corrected chi connectivity index (χ0v) is 23.7. The Kier molecular flexibility index (Phi) is 7.33. The molecule has 3 aromatic carbocycles. The molecule has 5 rings (SSSR count). The van der Waals surface area contributed by atoms with Crippen molar-refractivity contribution in [2.24, 2.45) is 5.14 Å². The maximum absolute atomic E-state index is 15.9. The third-order valence-electron chi connectivity index (χ3n) is 7.39. The third-order valence-corrected chi connectivity index (χ3v) is 8.33. The zero-order chi connectivity index (χ0) is 30.5. The van der Waals surface area contributed by atoms with Crippen molar-refractivity contribution in [2.45, 2.75) is 24.8 Å². The maximum atomic E-state index is 15.9. The Morgan fingerprint density at radius 1 is 1.12 bits per heavy atom. The number of nitrogens with zero attached hydrogens (tertiary/aromatic N) is 4. The van der Waals surface area contributed by atoms with E-state index in [9.17, 15) is 22.4 Å². The fourth-order valence-corrected chi connectivity index (χ4v) is 6.22. The van der Waals surface area contributed by atoms with Gasteiger partial charge in [-0.15, -0.1) is 0 Å². The molecule has 0 unspecified atom stereocenters. The molecule has 1 atom stereocenters. The van der Waals surface area contributed by atoms with Crippen LogP contribution in [-0.2, 0) is 14.8 Å². The molecule has 1 amide bonds. The molecular weight excluding hydrogens is 566 g/mol. The number of primary sulfonamides is 1. The maximum Gasteiger partial charge on any atom is 0.354 e. The summed E-state index contributed by atoms with van der Waals surface area (Å²) in [7, 11) is -4.33. The molecule has 218 valence electrons. The number of nitrogens with two attached hydrogens (primary N) is 2. The van der Waals surface area contributed by atoms with Crippen molar-refractivity contribution in [3.8, 4) is 16.8 Å². The number of benzene rings is 3. The van der Waals surface area contributed by atoms with E-state index in [0.29, 0.717) is 12.1 Å². The van der Waals surface area contributed by atoms with Crippen LogP contribution in [0.4, 0.5) is 20.3 Å². The molecule has 10 nitrogen and oxygen atoms in total. The van der Waals surface area contributed by atoms with E-state index in [1.54, 1.807) is 22.8 Å². The standard InChI is InChI=1S/C29H28F2N6O4S/c1-4-25(38)35-11-12-36(17(3)15-35)28-19-13-21(31)18(26-20(30)8-6-9-22(26)32)14-23(19)37(29(39)34-28)27-16(2)7-5-10-24(27)42(33,40)41/h4-10,13-14,17H,1,11-12,15,32H2,2-3H3,(H2,33,40,41)/t17-/m0/s1. The van der Waals surface area contributed by atoms with E-state index >= 15 is 4.39 Å². The summed E-state index contributed by atoms with van der Waals surface area (Å²) >= 11 is 0. The molecule has 0 spiro atoms. The minimum Gasteiger partial charge on any atom is -0.398 e. The molecule has 0 radical (unpaired) electrons. The molecular formula is C29H28F2N6O4S. The Labute approximate surface area is 240 Å². The van der Waals surface area contributed by atoms with Gasteiger partial charge in [0.2, 0.25) is 15.9 Å². The lowest BCUT2D eigenvalue weighted by atomic mass is 10.00. The van der Waals surface area contributed by atoms with Gasteiger partial charge in [-0.25, -0.2) is 27.1 Å². The van der Waals surface area contributed by atoms with Crippen molar-refractivity contribution in [1.29, 1.82) is 0 Å². The molecule has 2 heterocycles. The van der Waals surface area contributed by atoms with Crippen LogP contribution in [0.15, 0.2) is 70.9 Å². The molecule has 4 aromatic rings. The van der Waals surface area contributed by atoms with E-state index in [2.05, 4.69) is 11.6 Å². The molecule has 42 heavy (non-hydrogen) atoms. The van der Waals surface area contributed by atoms with Crippen molar-refractivity contribution in [3.05, 3.63) is 88.9 Å². The van der Waals surface area contributed by atoms with Gasteiger partial charge in [-0.2, -0.15) is 4.98 Å². The highest BCUT2D eigenvalue weighted by molar-refractivity contribution is 7.89. The van der Waals surface area contributed by atoms with Gasteiger partial charge in [0.15, 0.2) is 0 Å². The number of amides is 1. The average molecular weight is 595 g/mol. The van der Waals surface area contributed by atoms with Crippen molar-refractivity contribution in [1.82, 2.24) is 14.5 Å². The number of rotatable bonds is 5. The van der Waals surface area contributed by atoms with Crippen LogP contribution in [0, 0.1) is 18.6 Å². The number of piperazine rings is 1. The van der Waals surface area contributed by atoms with Gasteiger partial charge in [0.05, 0.1) is 11.2 Å². The summed E-state index contributed by atoms with van der Waals surface area (Å²) in [5.74, 6) is -1.74. The van der Waals surface area contributed by atoms with E-state index in [0.717, 1.165) is 16.7 Å². The second-order valence-electron chi connectivity index (χ2n) is 10.1. The minimum absolute atomic E-state index is 0.0332. The number of aromatic nitrogens is 2. The lowest BCUT2D eigenvalue weighted by Crippen LogP contribution is -2.54. The van der Waals surface area contributed by atoms with Crippen LogP contribution in [-0.4, -0.2) is 54.5 Å². The topological polar surface area (TPSA) is 145 Å². The molecule has 0 aliphatic carbocycles. The molecule has 1 saturated heterocycles. The van der Waals surface area contributed by atoms with Gasteiger partial charge >= 0.3 is 5.69 Å². The highest BCUT2D eigenvalue weighted by atomic mass is 32.2. The van der Waals surface area contributed by atoms with Gasteiger partial charge in [0.1, 0.15) is 22.3 Å². The summed E-state index contributed by atoms with van der Waals surface area (Å²) in [5.41, 5.74) is 5.05. The summed E-state index contributed by atoms with van der Waals surface area (Å²) in [6, 6.07) is 10.3. The smallest absolute Gasteiger partial charge is 0.354 e. The zero-order valence-electron chi connectivity index (χ0n) is 22.8. The van der Waals surface area contributed by atoms with Gasteiger partial charge in [0, 0.05) is 47.9 Å². The molecule has 4 N–H and O–H groups in total. The fourth-order valence-electron chi connectivity index (χ4n) is 5.43. The highest BCUT2D eigenvalue weighted by Gasteiger charge is 2.30. The van der Waals surface area contributed by atoms with Crippen LogP contribution < -0.4 is 21.5 Å². The molecule has 1 aliphatic heterocycles. The largest absolute Gasteiger partial charge is 0.398 e. The van der Waals surface area contributed by atoms with Crippen molar-refractivity contribution >= 4 is 38.3 Å². The van der Waals surface area contributed by atoms with Gasteiger partial charge in [-0.1, -0.05) is 24.8 Å². The SMILES string of the molecule is C=CC(=O)N1CCN(c2nc(=O)n(-c3c(C)cccc3S(N)(=O)=O)c3cc(-c4c(N)cccc4F)c(F)cc23)[C@@H](C)C1. The Morgan fingerprint density at radius 2 is 1.83 bits per heavy atom. The number of sulfonamides is 1. The number of anilines is 2. The summed E-state index contributed by atoms with van der Waals surface area (Å²) in [6.45, 7) is 7.79.